The normalized spacial score (nSPS) is 10.3. The van der Waals surface area contributed by atoms with Crippen molar-refractivity contribution in [3.8, 4) is 5.75 Å². The first-order chi connectivity index (χ1) is 8.61. The van der Waals surface area contributed by atoms with E-state index in [9.17, 15) is 9.59 Å². The number of hydrogen-bond donors (Lipinski definition) is 2. The molecule has 0 aliphatic carbocycles. The van der Waals surface area contributed by atoms with Gasteiger partial charge in [0.05, 0.1) is 13.7 Å². The first-order valence-electron chi connectivity index (χ1n) is 5.13. The second kappa shape index (κ2) is 4.74. The van der Waals surface area contributed by atoms with E-state index in [0.29, 0.717) is 5.75 Å². The Morgan fingerprint density at radius 2 is 2.11 bits per heavy atom. The molecule has 2 aromatic rings. The van der Waals surface area contributed by atoms with Gasteiger partial charge in [0.15, 0.2) is 0 Å². The van der Waals surface area contributed by atoms with Crippen molar-refractivity contribution in [1.82, 2.24) is 15.0 Å². The van der Waals surface area contributed by atoms with Crippen molar-refractivity contribution in [2.75, 3.05) is 7.11 Å². The molecule has 0 saturated carbocycles. The summed E-state index contributed by atoms with van der Waals surface area (Å²) in [6, 6.07) is 7.09. The van der Waals surface area contributed by atoms with Gasteiger partial charge in [-0.3, -0.25) is 4.79 Å². The third kappa shape index (κ3) is 2.24. The number of carboxylic acids is 1. The number of aromatic amines is 1. The summed E-state index contributed by atoms with van der Waals surface area (Å²) in [4.78, 5) is 22.3. The number of hydrogen-bond acceptors (Lipinski definition) is 4. The Hall–Kier alpha value is -2.57. The minimum Gasteiger partial charge on any atom is -0.497 e. The van der Waals surface area contributed by atoms with Crippen molar-refractivity contribution in [2.24, 2.45) is 0 Å². The zero-order chi connectivity index (χ0) is 13.1. The number of H-pyrrole nitrogens is 1. The van der Waals surface area contributed by atoms with E-state index in [1.165, 1.54) is 0 Å². The average molecular weight is 249 g/mol. The predicted octanol–water partition coefficient (Wildman–Crippen LogP) is 0.326. The number of aromatic carboxylic acids is 1. The Balaban J connectivity index is 2.23. The minimum atomic E-state index is -1.34. The molecule has 0 fully saturated rings. The van der Waals surface area contributed by atoms with Crippen LogP contribution in [-0.2, 0) is 6.54 Å². The molecule has 0 bridgehead atoms. The van der Waals surface area contributed by atoms with Gasteiger partial charge in [-0.2, -0.15) is 0 Å². The first kappa shape index (κ1) is 11.9. The highest BCUT2D eigenvalue weighted by atomic mass is 16.5. The van der Waals surface area contributed by atoms with Gasteiger partial charge in [0.1, 0.15) is 5.75 Å². The molecule has 94 valence electrons. The number of nitrogens with one attached hydrogen (secondary N) is 1. The second-order valence-electron chi connectivity index (χ2n) is 3.60. The lowest BCUT2D eigenvalue weighted by molar-refractivity contribution is 0.0689. The van der Waals surface area contributed by atoms with Crippen LogP contribution in [0.2, 0.25) is 0 Å². The topological polar surface area (TPSA) is 97.2 Å². The molecule has 0 unspecified atom stereocenters. The van der Waals surface area contributed by atoms with Crippen LogP contribution in [-0.4, -0.2) is 33.2 Å². The van der Waals surface area contributed by atoms with Gasteiger partial charge in [0.25, 0.3) is 0 Å². The van der Waals surface area contributed by atoms with Gasteiger partial charge in [-0.1, -0.05) is 12.1 Å². The summed E-state index contributed by atoms with van der Waals surface area (Å²) in [5.74, 6) is -0.633. The van der Waals surface area contributed by atoms with Crippen molar-refractivity contribution in [1.29, 1.82) is 0 Å². The summed E-state index contributed by atoms with van der Waals surface area (Å²) in [6.07, 6.45) is 0. The Morgan fingerprint density at radius 3 is 2.61 bits per heavy atom. The predicted molar refractivity (Wildman–Crippen MR) is 61.9 cm³/mol. The van der Waals surface area contributed by atoms with E-state index in [1.54, 1.807) is 31.4 Å². The number of rotatable bonds is 4. The van der Waals surface area contributed by atoms with Gasteiger partial charge in [0.2, 0.25) is 5.69 Å². The lowest BCUT2D eigenvalue weighted by Crippen LogP contribution is -2.22. The molecule has 0 aliphatic rings. The van der Waals surface area contributed by atoms with E-state index in [1.807, 2.05) is 0 Å². The number of benzene rings is 1. The van der Waals surface area contributed by atoms with E-state index in [2.05, 4.69) is 10.3 Å². The van der Waals surface area contributed by atoms with Crippen LogP contribution in [0.4, 0.5) is 0 Å². The van der Waals surface area contributed by atoms with Crippen LogP contribution in [0.25, 0.3) is 0 Å². The molecule has 0 saturated heterocycles. The third-order valence-electron chi connectivity index (χ3n) is 2.43. The largest absolute Gasteiger partial charge is 0.497 e. The molecule has 1 heterocycles. The smallest absolute Gasteiger partial charge is 0.362 e. The Labute approximate surface area is 102 Å². The SMILES string of the molecule is COc1ccc(Cn2[nH]nc(C(=O)O)c2=O)cc1. The number of aromatic nitrogens is 3. The second-order valence-corrected chi connectivity index (χ2v) is 3.60. The van der Waals surface area contributed by atoms with Gasteiger partial charge < -0.3 is 9.84 Å². The zero-order valence-corrected chi connectivity index (χ0v) is 9.58. The lowest BCUT2D eigenvalue weighted by atomic mass is 10.2. The average Bonchev–Trinajstić information content (AvgIpc) is 2.72. The van der Waals surface area contributed by atoms with Crippen LogP contribution in [0.1, 0.15) is 16.1 Å². The molecule has 1 aromatic carbocycles. The van der Waals surface area contributed by atoms with Crippen molar-refractivity contribution in [3.05, 3.63) is 45.9 Å². The highest BCUT2D eigenvalue weighted by molar-refractivity contribution is 5.84. The molecule has 0 atom stereocenters. The van der Waals surface area contributed by atoms with E-state index >= 15 is 0 Å². The summed E-state index contributed by atoms with van der Waals surface area (Å²) in [7, 11) is 1.56. The van der Waals surface area contributed by atoms with Gasteiger partial charge in [-0.05, 0) is 17.7 Å². The highest BCUT2D eigenvalue weighted by Crippen LogP contribution is 2.11. The molecule has 0 radical (unpaired) electrons. The molecule has 0 aliphatic heterocycles. The van der Waals surface area contributed by atoms with E-state index < -0.39 is 17.2 Å². The molecule has 7 heteroatoms. The van der Waals surface area contributed by atoms with Gasteiger partial charge >= 0.3 is 11.5 Å². The van der Waals surface area contributed by atoms with Crippen molar-refractivity contribution in [2.45, 2.75) is 6.54 Å². The maximum absolute atomic E-state index is 11.6. The minimum absolute atomic E-state index is 0.225. The Kier molecular flexibility index (Phi) is 3.13. The monoisotopic (exact) mass is 249 g/mol. The van der Waals surface area contributed by atoms with Crippen LogP contribution in [0.3, 0.4) is 0 Å². The highest BCUT2D eigenvalue weighted by Gasteiger charge is 2.14. The van der Waals surface area contributed by atoms with E-state index in [0.717, 1.165) is 10.2 Å². The van der Waals surface area contributed by atoms with Crippen molar-refractivity contribution < 1.29 is 14.6 Å². The number of ether oxygens (including phenoxy) is 1. The molecule has 2 N–H and O–H groups in total. The van der Waals surface area contributed by atoms with Gasteiger partial charge in [-0.15, -0.1) is 5.10 Å². The molecule has 1 aromatic heterocycles. The first-order valence-corrected chi connectivity index (χ1v) is 5.13. The summed E-state index contributed by atoms with van der Waals surface area (Å²) in [6.45, 7) is 0.225. The van der Waals surface area contributed by atoms with Crippen LogP contribution in [0, 0.1) is 0 Å². The quantitative estimate of drug-likeness (QED) is 0.813. The van der Waals surface area contributed by atoms with Crippen molar-refractivity contribution in [3.63, 3.8) is 0 Å². The molecule has 0 spiro atoms. The summed E-state index contributed by atoms with van der Waals surface area (Å²) < 4.78 is 6.14. The maximum atomic E-state index is 11.6. The molecule has 0 amide bonds. The fourth-order valence-electron chi connectivity index (χ4n) is 1.49. The molecular weight excluding hydrogens is 238 g/mol. The van der Waals surface area contributed by atoms with Crippen LogP contribution in [0.15, 0.2) is 29.1 Å². The van der Waals surface area contributed by atoms with E-state index in [-0.39, 0.29) is 6.54 Å². The van der Waals surface area contributed by atoms with E-state index in [4.69, 9.17) is 9.84 Å². The third-order valence-corrected chi connectivity index (χ3v) is 2.43. The molecule has 18 heavy (non-hydrogen) atoms. The van der Waals surface area contributed by atoms with Crippen LogP contribution < -0.4 is 10.3 Å². The fourth-order valence-corrected chi connectivity index (χ4v) is 1.49. The summed E-state index contributed by atoms with van der Waals surface area (Å²) in [5.41, 5.74) is -0.333. The molecular formula is C11H11N3O4. The Bertz CT molecular complexity index is 612. The van der Waals surface area contributed by atoms with Gasteiger partial charge in [0, 0.05) is 0 Å². The number of nitrogens with zero attached hydrogens (tertiary/aromatic N) is 2. The van der Waals surface area contributed by atoms with Crippen molar-refractivity contribution >= 4 is 5.97 Å². The molecule has 7 nitrogen and oxygen atoms in total. The standard InChI is InChI=1S/C11H11N3O4/c1-18-8-4-2-7(3-5-8)6-14-10(15)9(11(16)17)12-13-14/h2-5,13H,6H2,1H3,(H,16,17). The summed E-state index contributed by atoms with van der Waals surface area (Å²) >= 11 is 0. The number of carboxylic acid groups (broad SMARTS) is 1. The molecule has 2 rings (SSSR count). The lowest BCUT2D eigenvalue weighted by Gasteiger charge is -2.03. The summed E-state index contributed by atoms with van der Waals surface area (Å²) in [5, 5.41) is 14.5. The van der Waals surface area contributed by atoms with Gasteiger partial charge in [-0.25, -0.2) is 14.7 Å². The fraction of sp³-hybridized carbons (Fsp3) is 0.182. The number of carbonyl (C=O) groups is 1. The maximum Gasteiger partial charge on any atom is 0.362 e. The van der Waals surface area contributed by atoms with Crippen LogP contribution >= 0.6 is 0 Å². The van der Waals surface area contributed by atoms with Crippen LogP contribution in [0.5, 0.6) is 5.75 Å². The zero-order valence-electron chi connectivity index (χ0n) is 9.58. The number of methoxy groups -OCH3 is 1. The Morgan fingerprint density at radius 1 is 1.44 bits per heavy atom.